The van der Waals surface area contributed by atoms with Gasteiger partial charge in [0.05, 0.1) is 0 Å². The number of phenolic OH excluding ortho intramolecular Hbond substituents is 1. The number of nitrogens with zero attached hydrogens (tertiary/aromatic N) is 1. The van der Waals surface area contributed by atoms with Crippen molar-refractivity contribution in [1.29, 1.82) is 0 Å². The number of hydrogen-bond acceptors (Lipinski definition) is 3. The van der Waals surface area contributed by atoms with Gasteiger partial charge in [0.2, 0.25) is 0 Å². The summed E-state index contributed by atoms with van der Waals surface area (Å²) >= 11 is 6.00. The Morgan fingerprint density at radius 1 is 1.28 bits per heavy atom. The van der Waals surface area contributed by atoms with Crippen molar-refractivity contribution in [3.8, 4) is 5.75 Å². The maximum absolute atomic E-state index is 9.90. The van der Waals surface area contributed by atoms with Crippen molar-refractivity contribution in [3.63, 3.8) is 0 Å². The second kappa shape index (κ2) is 4.72. The second-order valence-electron chi connectivity index (χ2n) is 5.56. The SMILES string of the molecule is NC1CC2CCC(C1)N2Cc1cc(Cl)ccc1O. The van der Waals surface area contributed by atoms with Gasteiger partial charge in [-0.05, 0) is 43.9 Å². The molecule has 2 heterocycles. The van der Waals surface area contributed by atoms with E-state index in [2.05, 4.69) is 4.90 Å². The first-order chi connectivity index (χ1) is 8.63. The molecule has 2 saturated heterocycles. The first-order valence-electron chi connectivity index (χ1n) is 6.62. The smallest absolute Gasteiger partial charge is 0.120 e. The minimum atomic E-state index is 0.341. The third kappa shape index (κ3) is 2.22. The van der Waals surface area contributed by atoms with Crippen molar-refractivity contribution >= 4 is 11.6 Å². The lowest BCUT2D eigenvalue weighted by Crippen LogP contribution is -2.46. The van der Waals surface area contributed by atoms with Gasteiger partial charge in [0, 0.05) is 35.3 Å². The van der Waals surface area contributed by atoms with Crippen LogP contribution in [0.15, 0.2) is 18.2 Å². The van der Waals surface area contributed by atoms with Crippen LogP contribution in [0, 0.1) is 0 Å². The first kappa shape index (κ1) is 12.3. The van der Waals surface area contributed by atoms with E-state index in [0.29, 0.717) is 28.9 Å². The minimum absolute atomic E-state index is 0.341. The molecule has 98 valence electrons. The first-order valence-corrected chi connectivity index (χ1v) is 7.00. The molecule has 2 bridgehead atoms. The number of hydrogen-bond donors (Lipinski definition) is 2. The van der Waals surface area contributed by atoms with E-state index in [1.807, 2.05) is 6.07 Å². The molecular formula is C14H19ClN2O. The van der Waals surface area contributed by atoms with Crippen molar-refractivity contribution in [2.45, 2.75) is 50.4 Å². The molecule has 2 atom stereocenters. The Morgan fingerprint density at radius 2 is 1.94 bits per heavy atom. The average molecular weight is 267 g/mol. The molecule has 4 heteroatoms. The molecule has 0 radical (unpaired) electrons. The van der Waals surface area contributed by atoms with Gasteiger partial charge in [-0.2, -0.15) is 0 Å². The van der Waals surface area contributed by atoms with Gasteiger partial charge in [-0.3, -0.25) is 4.90 Å². The standard InChI is InChI=1S/C14H19ClN2O/c15-10-1-4-14(18)9(5-10)8-17-12-2-3-13(17)7-11(16)6-12/h1,4-5,11-13,18H,2-3,6-8,16H2. The van der Waals surface area contributed by atoms with Crippen molar-refractivity contribution in [2.75, 3.05) is 0 Å². The van der Waals surface area contributed by atoms with Gasteiger partial charge < -0.3 is 10.8 Å². The molecular weight excluding hydrogens is 248 g/mol. The predicted octanol–water partition coefficient (Wildman–Crippen LogP) is 2.50. The number of fused-ring (bicyclic) bond motifs is 2. The van der Waals surface area contributed by atoms with Crippen LogP contribution in [-0.4, -0.2) is 28.1 Å². The monoisotopic (exact) mass is 266 g/mol. The predicted molar refractivity (Wildman–Crippen MR) is 72.7 cm³/mol. The lowest BCUT2D eigenvalue weighted by atomic mass is 9.97. The Labute approximate surface area is 113 Å². The highest BCUT2D eigenvalue weighted by Crippen LogP contribution is 2.37. The van der Waals surface area contributed by atoms with Crippen molar-refractivity contribution < 1.29 is 5.11 Å². The molecule has 2 unspecified atom stereocenters. The summed E-state index contributed by atoms with van der Waals surface area (Å²) in [6.07, 6.45) is 4.63. The molecule has 0 aliphatic carbocycles. The van der Waals surface area contributed by atoms with Gasteiger partial charge in [0.15, 0.2) is 0 Å². The van der Waals surface area contributed by atoms with Crippen LogP contribution in [0.3, 0.4) is 0 Å². The van der Waals surface area contributed by atoms with E-state index in [-0.39, 0.29) is 0 Å². The Balaban J connectivity index is 1.79. The zero-order valence-electron chi connectivity index (χ0n) is 10.3. The number of piperidine rings is 1. The Morgan fingerprint density at radius 3 is 2.61 bits per heavy atom. The van der Waals surface area contributed by atoms with E-state index in [1.165, 1.54) is 12.8 Å². The van der Waals surface area contributed by atoms with Crippen LogP contribution < -0.4 is 5.73 Å². The average Bonchev–Trinajstić information content (AvgIpc) is 2.57. The van der Waals surface area contributed by atoms with E-state index in [1.54, 1.807) is 12.1 Å². The van der Waals surface area contributed by atoms with Crippen molar-refractivity contribution in [3.05, 3.63) is 28.8 Å². The molecule has 2 fully saturated rings. The molecule has 0 aromatic heterocycles. The van der Waals surface area contributed by atoms with E-state index in [9.17, 15) is 5.11 Å². The Bertz CT molecular complexity index is 437. The number of aromatic hydroxyl groups is 1. The zero-order valence-corrected chi connectivity index (χ0v) is 11.1. The van der Waals surface area contributed by atoms with E-state index in [0.717, 1.165) is 24.9 Å². The molecule has 1 aromatic rings. The molecule has 18 heavy (non-hydrogen) atoms. The molecule has 0 amide bonds. The largest absolute Gasteiger partial charge is 0.508 e. The lowest BCUT2D eigenvalue weighted by molar-refractivity contribution is 0.119. The fourth-order valence-corrected chi connectivity index (χ4v) is 3.65. The van der Waals surface area contributed by atoms with Gasteiger partial charge in [0.25, 0.3) is 0 Å². The number of benzene rings is 1. The maximum Gasteiger partial charge on any atom is 0.120 e. The van der Waals surface area contributed by atoms with Crippen LogP contribution >= 0.6 is 11.6 Å². The fourth-order valence-electron chi connectivity index (χ4n) is 3.45. The van der Waals surface area contributed by atoms with E-state index >= 15 is 0 Å². The normalized spacial score (nSPS) is 31.8. The van der Waals surface area contributed by atoms with Crippen LogP contribution in [0.4, 0.5) is 0 Å². The van der Waals surface area contributed by atoms with Crippen LogP contribution in [-0.2, 0) is 6.54 Å². The summed E-state index contributed by atoms with van der Waals surface area (Å²) in [6.45, 7) is 0.786. The van der Waals surface area contributed by atoms with Crippen molar-refractivity contribution in [1.82, 2.24) is 4.90 Å². The van der Waals surface area contributed by atoms with Gasteiger partial charge >= 0.3 is 0 Å². The second-order valence-corrected chi connectivity index (χ2v) is 6.00. The molecule has 3 rings (SSSR count). The summed E-state index contributed by atoms with van der Waals surface area (Å²) in [6, 6.07) is 6.78. The van der Waals surface area contributed by atoms with E-state index < -0.39 is 0 Å². The highest BCUT2D eigenvalue weighted by atomic mass is 35.5. The van der Waals surface area contributed by atoms with Crippen molar-refractivity contribution in [2.24, 2.45) is 5.73 Å². The number of rotatable bonds is 2. The molecule has 2 aliphatic heterocycles. The molecule has 3 nitrogen and oxygen atoms in total. The fraction of sp³-hybridized carbons (Fsp3) is 0.571. The Kier molecular flexibility index (Phi) is 3.22. The maximum atomic E-state index is 9.90. The number of phenols is 1. The highest BCUT2D eigenvalue weighted by molar-refractivity contribution is 6.30. The summed E-state index contributed by atoms with van der Waals surface area (Å²) in [5.74, 6) is 0.341. The summed E-state index contributed by atoms with van der Waals surface area (Å²) < 4.78 is 0. The number of nitrogens with two attached hydrogens (primary N) is 1. The van der Waals surface area contributed by atoms with Gasteiger partial charge in [-0.15, -0.1) is 0 Å². The molecule has 2 aliphatic rings. The van der Waals surface area contributed by atoms with Gasteiger partial charge in [-0.1, -0.05) is 11.6 Å². The molecule has 0 saturated carbocycles. The van der Waals surface area contributed by atoms with Crippen LogP contribution in [0.25, 0.3) is 0 Å². The molecule has 1 aromatic carbocycles. The van der Waals surface area contributed by atoms with E-state index in [4.69, 9.17) is 17.3 Å². The highest BCUT2D eigenvalue weighted by Gasteiger charge is 2.39. The summed E-state index contributed by atoms with van der Waals surface area (Å²) in [5, 5.41) is 10.6. The third-order valence-electron chi connectivity index (χ3n) is 4.32. The summed E-state index contributed by atoms with van der Waals surface area (Å²) in [4.78, 5) is 2.49. The van der Waals surface area contributed by atoms with Crippen LogP contribution in [0.2, 0.25) is 5.02 Å². The van der Waals surface area contributed by atoms with Crippen LogP contribution in [0.5, 0.6) is 5.75 Å². The molecule has 0 spiro atoms. The molecule has 3 N–H and O–H groups in total. The number of halogens is 1. The van der Waals surface area contributed by atoms with Crippen LogP contribution in [0.1, 0.15) is 31.2 Å². The van der Waals surface area contributed by atoms with Gasteiger partial charge in [-0.25, -0.2) is 0 Å². The van der Waals surface area contributed by atoms with Gasteiger partial charge in [0.1, 0.15) is 5.75 Å². The lowest BCUT2D eigenvalue weighted by Gasteiger charge is -2.37. The third-order valence-corrected chi connectivity index (χ3v) is 4.55. The topological polar surface area (TPSA) is 49.5 Å². The summed E-state index contributed by atoms with van der Waals surface area (Å²) in [5.41, 5.74) is 6.99. The Hall–Kier alpha value is -0.770. The quantitative estimate of drug-likeness (QED) is 0.865. The zero-order chi connectivity index (χ0) is 12.7. The minimum Gasteiger partial charge on any atom is -0.508 e. The summed E-state index contributed by atoms with van der Waals surface area (Å²) in [7, 11) is 0.